The van der Waals surface area contributed by atoms with Gasteiger partial charge in [0, 0.05) is 24.8 Å². The van der Waals surface area contributed by atoms with E-state index in [1.54, 1.807) is 17.8 Å². The summed E-state index contributed by atoms with van der Waals surface area (Å²) in [5.41, 5.74) is 0.790. The van der Waals surface area contributed by atoms with Crippen LogP contribution in [0.1, 0.15) is 30.6 Å². The minimum absolute atomic E-state index is 0.126. The molecule has 1 aromatic carbocycles. The van der Waals surface area contributed by atoms with Crippen LogP contribution in [-0.4, -0.2) is 35.8 Å². The number of carbonyl (C=O) groups excluding carboxylic acids is 1. The second-order valence-electron chi connectivity index (χ2n) is 4.76. The number of hydrogen-bond donors (Lipinski definition) is 0. The molecule has 1 rings (SSSR count). The van der Waals surface area contributed by atoms with Gasteiger partial charge in [-0.25, -0.2) is 0 Å². The molecular formula is C14H20N2O3S. The average molecular weight is 296 g/mol. The predicted molar refractivity (Wildman–Crippen MR) is 84.0 cm³/mol. The van der Waals surface area contributed by atoms with E-state index >= 15 is 0 Å². The summed E-state index contributed by atoms with van der Waals surface area (Å²) >= 11 is 1.78. The van der Waals surface area contributed by atoms with Crippen molar-refractivity contribution in [3.8, 4) is 0 Å². The van der Waals surface area contributed by atoms with E-state index in [0.29, 0.717) is 0 Å². The first-order valence-corrected chi connectivity index (χ1v) is 7.79. The van der Waals surface area contributed by atoms with Crippen molar-refractivity contribution in [1.82, 2.24) is 0 Å². The summed E-state index contributed by atoms with van der Waals surface area (Å²) in [6.07, 6.45) is 3.05. The van der Waals surface area contributed by atoms with Crippen LogP contribution in [0, 0.1) is 10.1 Å². The molecule has 0 aliphatic heterocycles. The summed E-state index contributed by atoms with van der Waals surface area (Å²) in [4.78, 5) is 24.0. The summed E-state index contributed by atoms with van der Waals surface area (Å²) < 4.78 is 0. The third-order valence-electron chi connectivity index (χ3n) is 3.37. The van der Waals surface area contributed by atoms with Crippen molar-refractivity contribution in [2.45, 2.75) is 26.3 Å². The molecule has 0 bridgehead atoms. The Morgan fingerprint density at radius 1 is 1.50 bits per heavy atom. The number of ketones is 1. The molecule has 0 radical (unpaired) electrons. The number of nitro groups is 1. The topological polar surface area (TPSA) is 63.5 Å². The summed E-state index contributed by atoms with van der Waals surface area (Å²) in [7, 11) is 1.91. The van der Waals surface area contributed by atoms with Gasteiger partial charge in [0.1, 0.15) is 0 Å². The van der Waals surface area contributed by atoms with E-state index < -0.39 is 4.92 Å². The van der Waals surface area contributed by atoms with E-state index in [0.717, 1.165) is 17.9 Å². The van der Waals surface area contributed by atoms with Gasteiger partial charge >= 0.3 is 0 Å². The van der Waals surface area contributed by atoms with Crippen molar-refractivity contribution in [1.29, 1.82) is 0 Å². The van der Waals surface area contributed by atoms with Gasteiger partial charge in [0.2, 0.25) is 0 Å². The molecule has 5 nitrogen and oxygen atoms in total. The lowest BCUT2D eigenvalue weighted by Crippen LogP contribution is -2.29. The van der Waals surface area contributed by atoms with E-state index in [-0.39, 0.29) is 23.1 Å². The average Bonchev–Trinajstić information content (AvgIpc) is 2.42. The molecule has 0 saturated carbocycles. The lowest BCUT2D eigenvalue weighted by molar-refractivity contribution is -0.385. The monoisotopic (exact) mass is 296 g/mol. The second kappa shape index (κ2) is 7.28. The standard InChI is InChI=1S/C14H20N2O3S/c1-10(7-8-20-4)15(3)12-5-6-13(11(2)17)14(9-12)16(18)19/h5-6,9-10H,7-8H2,1-4H3. The van der Waals surface area contributed by atoms with Gasteiger partial charge in [-0.05, 0) is 44.4 Å². The third-order valence-corrected chi connectivity index (χ3v) is 4.01. The van der Waals surface area contributed by atoms with Crippen molar-refractivity contribution >= 4 is 28.9 Å². The Morgan fingerprint density at radius 2 is 2.15 bits per heavy atom. The smallest absolute Gasteiger partial charge is 0.282 e. The second-order valence-corrected chi connectivity index (χ2v) is 5.74. The van der Waals surface area contributed by atoms with E-state index in [1.807, 2.05) is 11.9 Å². The SMILES string of the molecule is CSCCC(C)N(C)c1ccc(C(C)=O)c([N+](=O)[O-])c1. The van der Waals surface area contributed by atoms with Gasteiger partial charge in [0.25, 0.3) is 5.69 Å². The zero-order valence-corrected chi connectivity index (χ0v) is 13.1. The van der Waals surface area contributed by atoms with Crippen LogP contribution in [0.3, 0.4) is 0 Å². The number of rotatable bonds is 7. The maximum Gasteiger partial charge on any atom is 0.282 e. The van der Waals surface area contributed by atoms with Crippen LogP contribution >= 0.6 is 11.8 Å². The quantitative estimate of drug-likeness (QED) is 0.438. The lowest BCUT2D eigenvalue weighted by Gasteiger charge is -2.27. The number of benzene rings is 1. The zero-order chi connectivity index (χ0) is 15.3. The normalized spacial score (nSPS) is 12.0. The van der Waals surface area contributed by atoms with Crippen molar-refractivity contribution in [3.63, 3.8) is 0 Å². The molecular weight excluding hydrogens is 276 g/mol. The fourth-order valence-corrected chi connectivity index (χ4v) is 2.50. The lowest BCUT2D eigenvalue weighted by atomic mass is 10.1. The zero-order valence-electron chi connectivity index (χ0n) is 12.3. The van der Waals surface area contributed by atoms with Gasteiger partial charge in [-0.3, -0.25) is 14.9 Å². The number of nitrogens with zero attached hydrogens (tertiary/aromatic N) is 2. The molecule has 0 aromatic heterocycles. The Morgan fingerprint density at radius 3 is 2.65 bits per heavy atom. The van der Waals surface area contributed by atoms with Crippen molar-refractivity contribution in [3.05, 3.63) is 33.9 Å². The minimum atomic E-state index is -0.499. The van der Waals surface area contributed by atoms with Crippen molar-refractivity contribution < 1.29 is 9.72 Å². The Hall–Kier alpha value is -1.56. The maximum absolute atomic E-state index is 11.4. The Bertz CT molecular complexity index is 505. The van der Waals surface area contributed by atoms with Crippen LogP contribution in [0.4, 0.5) is 11.4 Å². The Balaban J connectivity index is 3.05. The van der Waals surface area contributed by atoms with E-state index in [4.69, 9.17) is 0 Å². The maximum atomic E-state index is 11.4. The molecule has 0 aliphatic rings. The van der Waals surface area contributed by atoms with Crippen molar-refractivity contribution in [2.24, 2.45) is 0 Å². The van der Waals surface area contributed by atoms with Crippen LogP contribution in [0.15, 0.2) is 18.2 Å². The van der Waals surface area contributed by atoms with Crippen LogP contribution in [-0.2, 0) is 0 Å². The number of carbonyl (C=O) groups is 1. The van der Waals surface area contributed by atoms with Gasteiger partial charge in [0.15, 0.2) is 5.78 Å². The molecule has 0 aliphatic carbocycles. The molecule has 6 heteroatoms. The highest BCUT2D eigenvalue weighted by molar-refractivity contribution is 7.98. The van der Waals surface area contributed by atoms with Gasteiger partial charge in [-0.15, -0.1) is 0 Å². The fourth-order valence-electron chi connectivity index (χ4n) is 1.92. The van der Waals surface area contributed by atoms with Crippen LogP contribution in [0.2, 0.25) is 0 Å². The molecule has 0 N–H and O–H groups in total. The van der Waals surface area contributed by atoms with Crippen molar-refractivity contribution in [2.75, 3.05) is 24.0 Å². The first kappa shape index (κ1) is 16.5. The number of thioether (sulfide) groups is 1. The van der Waals surface area contributed by atoms with Gasteiger partial charge < -0.3 is 4.90 Å². The number of hydrogen-bond acceptors (Lipinski definition) is 5. The van der Waals surface area contributed by atoms with Crippen LogP contribution < -0.4 is 4.90 Å². The first-order chi connectivity index (χ1) is 9.38. The number of nitro benzene ring substituents is 1. The summed E-state index contributed by atoms with van der Waals surface area (Å²) in [5.74, 6) is 0.750. The molecule has 20 heavy (non-hydrogen) atoms. The highest BCUT2D eigenvalue weighted by Gasteiger charge is 2.20. The summed E-state index contributed by atoms with van der Waals surface area (Å²) in [5, 5.41) is 11.1. The van der Waals surface area contributed by atoms with Gasteiger partial charge in [-0.2, -0.15) is 11.8 Å². The molecule has 1 aromatic rings. The molecule has 0 amide bonds. The molecule has 0 saturated heterocycles. The summed E-state index contributed by atoms with van der Waals surface area (Å²) in [6, 6.07) is 5.06. The Kier molecular flexibility index (Phi) is 6.01. The fraction of sp³-hybridized carbons (Fsp3) is 0.500. The molecule has 0 fully saturated rings. The van der Waals surface area contributed by atoms with E-state index in [9.17, 15) is 14.9 Å². The van der Waals surface area contributed by atoms with Gasteiger partial charge in [-0.1, -0.05) is 0 Å². The molecule has 0 spiro atoms. The summed E-state index contributed by atoms with van der Waals surface area (Å²) in [6.45, 7) is 3.42. The number of Topliss-reactive ketones (excluding diaryl/α,β-unsaturated/α-hetero) is 1. The number of anilines is 1. The molecule has 110 valence electrons. The molecule has 1 atom stereocenters. The highest BCUT2D eigenvalue weighted by atomic mass is 32.2. The Labute approximate surface area is 123 Å². The highest BCUT2D eigenvalue weighted by Crippen LogP contribution is 2.27. The third kappa shape index (κ3) is 3.96. The largest absolute Gasteiger partial charge is 0.372 e. The van der Waals surface area contributed by atoms with E-state index in [2.05, 4.69) is 13.2 Å². The molecule has 1 unspecified atom stereocenters. The van der Waals surface area contributed by atoms with E-state index in [1.165, 1.54) is 19.1 Å². The van der Waals surface area contributed by atoms with Gasteiger partial charge in [0.05, 0.1) is 10.5 Å². The first-order valence-electron chi connectivity index (χ1n) is 6.39. The van der Waals surface area contributed by atoms with Crippen LogP contribution in [0.5, 0.6) is 0 Å². The minimum Gasteiger partial charge on any atom is -0.372 e. The van der Waals surface area contributed by atoms with Crippen LogP contribution in [0.25, 0.3) is 0 Å². The predicted octanol–water partition coefficient (Wildman–Crippen LogP) is 3.38. The molecule has 0 heterocycles.